The van der Waals surface area contributed by atoms with Crippen molar-refractivity contribution in [1.29, 1.82) is 0 Å². The third-order valence-electron chi connectivity index (χ3n) is 2.73. The van der Waals surface area contributed by atoms with E-state index in [-0.39, 0.29) is 12.2 Å². The van der Waals surface area contributed by atoms with Gasteiger partial charge in [-0.3, -0.25) is 0 Å². The van der Waals surface area contributed by atoms with Gasteiger partial charge < -0.3 is 9.90 Å². The minimum Gasteiger partial charge on any atom is -0.550 e. The second kappa shape index (κ2) is 7.52. The van der Waals surface area contributed by atoms with Gasteiger partial charge in [-0.1, -0.05) is 24.8 Å². The van der Waals surface area contributed by atoms with E-state index in [2.05, 4.69) is 6.92 Å². The molecule has 0 atom stereocenters. The van der Waals surface area contributed by atoms with Crippen LogP contribution >= 0.6 is 23.5 Å². The van der Waals surface area contributed by atoms with Crippen molar-refractivity contribution in [3.8, 4) is 0 Å². The highest BCUT2D eigenvalue weighted by Gasteiger charge is 2.07. The van der Waals surface area contributed by atoms with Gasteiger partial charge in [-0.05, 0) is 47.7 Å². The molecule has 2 nitrogen and oxygen atoms in total. The van der Waals surface area contributed by atoms with Crippen LogP contribution in [0.4, 0.5) is 4.39 Å². The van der Waals surface area contributed by atoms with Gasteiger partial charge in [-0.2, -0.15) is 0 Å². The Kier molecular flexibility index (Phi) is 5.70. The molecule has 0 aliphatic rings. The van der Waals surface area contributed by atoms with Gasteiger partial charge in [0.15, 0.2) is 0 Å². The average molecular weight is 321 g/mol. The van der Waals surface area contributed by atoms with Crippen LogP contribution in [0.1, 0.15) is 12.5 Å². The molecule has 0 saturated heterocycles. The van der Waals surface area contributed by atoms with Crippen LogP contribution in [-0.2, 0) is 11.2 Å². The molecule has 0 unspecified atom stereocenters. The summed E-state index contributed by atoms with van der Waals surface area (Å²) in [7, 11) is 0. The lowest BCUT2D eigenvalue weighted by atomic mass is 10.1. The highest BCUT2D eigenvalue weighted by Crippen LogP contribution is 2.32. The monoisotopic (exact) mass is 321 g/mol. The number of benzene rings is 2. The van der Waals surface area contributed by atoms with Crippen molar-refractivity contribution in [1.82, 2.24) is 0 Å². The van der Waals surface area contributed by atoms with E-state index < -0.39 is 5.97 Å². The Labute approximate surface area is 131 Å². The molecule has 110 valence electrons. The molecule has 0 aliphatic heterocycles. The number of carboxylic acid groups (broad SMARTS) is 1. The van der Waals surface area contributed by atoms with Crippen molar-refractivity contribution in [2.75, 3.05) is 5.75 Å². The molecule has 0 aromatic heterocycles. The molecule has 21 heavy (non-hydrogen) atoms. The topological polar surface area (TPSA) is 40.1 Å². The smallest absolute Gasteiger partial charge is 0.124 e. The van der Waals surface area contributed by atoms with Crippen molar-refractivity contribution < 1.29 is 14.3 Å². The van der Waals surface area contributed by atoms with Gasteiger partial charge in [-0.15, -0.1) is 11.8 Å². The molecule has 0 fully saturated rings. The summed E-state index contributed by atoms with van der Waals surface area (Å²) in [4.78, 5) is 13.5. The number of hydrogen-bond donors (Lipinski definition) is 0. The highest BCUT2D eigenvalue weighted by molar-refractivity contribution is 7.99. The summed E-state index contributed by atoms with van der Waals surface area (Å²) in [6.07, 6.45) is -0.216. The Morgan fingerprint density at radius 3 is 2.43 bits per heavy atom. The van der Waals surface area contributed by atoms with Gasteiger partial charge in [0.2, 0.25) is 0 Å². The third-order valence-corrected chi connectivity index (χ3v) is 4.73. The van der Waals surface area contributed by atoms with E-state index >= 15 is 0 Å². The maximum atomic E-state index is 13.4. The fourth-order valence-corrected chi connectivity index (χ4v) is 3.45. The summed E-state index contributed by atoms with van der Waals surface area (Å²) in [6.45, 7) is 2.09. The van der Waals surface area contributed by atoms with Crippen LogP contribution in [0.15, 0.2) is 57.2 Å². The number of halogens is 1. The number of carbonyl (C=O) groups is 1. The van der Waals surface area contributed by atoms with Crippen LogP contribution in [-0.4, -0.2) is 11.7 Å². The SMILES string of the molecule is CCSc1ccc(Sc2cc(F)ccc2CC(=O)[O-])cc1. The van der Waals surface area contributed by atoms with Crippen molar-refractivity contribution in [3.05, 3.63) is 53.8 Å². The van der Waals surface area contributed by atoms with E-state index in [1.54, 1.807) is 11.8 Å². The quantitative estimate of drug-likeness (QED) is 0.765. The molecule has 5 heteroatoms. The summed E-state index contributed by atoms with van der Waals surface area (Å²) >= 11 is 3.11. The Balaban J connectivity index is 2.21. The Bertz CT molecular complexity index is 627. The van der Waals surface area contributed by atoms with Gasteiger partial charge in [0.1, 0.15) is 5.82 Å². The van der Waals surface area contributed by atoms with Crippen molar-refractivity contribution in [3.63, 3.8) is 0 Å². The zero-order chi connectivity index (χ0) is 15.2. The van der Waals surface area contributed by atoms with E-state index in [0.29, 0.717) is 10.5 Å². The zero-order valence-corrected chi connectivity index (χ0v) is 13.1. The number of carboxylic acids is 1. The second-order valence-corrected chi connectivity index (χ2v) is 6.76. The molecular weight excluding hydrogens is 307 g/mol. The van der Waals surface area contributed by atoms with Crippen molar-refractivity contribution in [2.45, 2.75) is 28.0 Å². The lowest BCUT2D eigenvalue weighted by molar-refractivity contribution is -0.304. The number of rotatable bonds is 6. The number of aliphatic carboxylic acids is 1. The predicted octanol–water partition coefficient (Wildman–Crippen LogP) is 3.38. The first-order valence-corrected chi connectivity index (χ1v) is 8.27. The van der Waals surface area contributed by atoms with Crippen LogP contribution in [0.2, 0.25) is 0 Å². The van der Waals surface area contributed by atoms with Crippen LogP contribution in [0.25, 0.3) is 0 Å². The van der Waals surface area contributed by atoms with Crippen LogP contribution < -0.4 is 5.11 Å². The fraction of sp³-hybridized carbons (Fsp3) is 0.188. The summed E-state index contributed by atoms with van der Waals surface area (Å²) in [5.74, 6) is -0.539. The van der Waals surface area contributed by atoms with Crippen LogP contribution in [0.5, 0.6) is 0 Å². The average Bonchev–Trinajstić information content (AvgIpc) is 2.44. The molecule has 0 bridgehead atoms. The number of carbonyl (C=O) groups excluding carboxylic acids is 1. The zero-order valence-electron chi connectivity index (χ0n) is 11.5. The summed E-state index contributed by atoms with van der Waals surface area (Å²) in [5.41, 5.74) is 0.563. The first-order valence-electron chi connectivity index (χ1n) is 6.47. The van der Waals surface area contributed by atoms with Crippen molar-refractivity contribution >= 4 is 29.5 Å². The molecule has 0 aliphatic carbocycles. The molecule has 2 aromatic carbocycles. The molecule has 2 rings (SSSR count). The highest BCUT2D eigenvalue weighted by atomic mass is 32.2. The first-order chi connectivity index (χ1) is 10.1. The molecule has 0 spiro atoms. The van der Waals surface area contributed by atoms with Crippen LogP contribution in [0.3, 0.4) is 0 Å². The Hall–Kier alpha value is -1.46. The molecule has 0 radical (unpaired) electrons. The van der Waals surface area contributed by atoms with Crippen LogP contribution in [0, 0.1) is 5.82 Å². The predicted molar refractivity (Wildman–Crippen MR) is 82.1 cm³/mol. The van der Waals surface area contributed by atoms with Gasteiger partial charge in [0, 0.05) is 27.1 Å². The molecule has 0 N–H and O–H groups in total. The molecular formula is C16H14FO2S2-. The van der Waals surface area contributed by atoms with Gasteiger partial charge in [0.05, 0.1) is 0 Å². The third kappa shape index (κ3) is 4.79. The van der Waals surface area contributed by atoms with E-state index in [1.807, 2.05) is 24.3 Å². The van der Waals surface area contributed by atoms with E-state index in [1.165, 1.54) is 34.9 Å². The van der Waals surface area contributed by atoms with Crippen molar-refractivity contribution in [2.24, 2.45) is 0 Å². The maximum Gasteiger partial charge on any atom is 0.124 e. The summed E-state index contributed by atoms with van der Waals surface area (Å²) in [5, 5.41) is 10.8. The molecule has 0 amide bonds. The first kappa shape index (κ1) is 15.9. The van der Waals surface area contributed by atoms with Gasteiger partial charge in [-0.25, -0.2) is 4.39 Å². The standard InChI is InChI=1S/C16H15FO2S2/c1-2-20-13-5-7-14(8-6-13)21-15-10-12(17)4-3-11(15)9-16(18)19/h3-8,10H,2,9H2,1H3,(H,18,19)/p-1. The minimum atomic E-state index is -1.17. The lowest BCUT2D eigenvalue weighted by Crippen LogP contribution is -2.24. The summed E-state index contributed by atoms with van der Waals surface area (Å²) in [6, 6.07) is 12.0. The Morgan fingerprint density at radius 1 is 1.14 bits per heavy atom. The number of thioether (sulfide) groups is 1. The van der Waals surface area contributed by atoms with E-state index in [9.17, 15) is 14.3 Å². The second-order valence-electron chi connectivity index (χ2n) is 4.31. The molecule has 0 heterocycles. The van der Waals surface area contributed by atoms with E-state index in [4.69, 9.17) is 0 Å². The maximum absolute atomic E-state index is 13.4. The normalized spacial score (nSPS) is 10.6. The Morgan fingerprint density at radius 2 is 1.81 bits per heavy atom. The molecule has 2 aromatic rings. The minimum absolute atomic E-state index is 0.216. The lowest BCUT2D eigenvalue weighted by Gasteiger charge is -2.10. The van der Waals surface area contributed by atoms with Gasteiger partial charge in [0.25, 0.3) is 0 Å². The fourth-order valence-electron chi connectivity index (χ4n) is 1.82. The largest absolute Gasteiger partial charge is 0.550 e. The molecule has 0 saturated carbocycles. The van der Waals surface area contributed by atoms with E-state index in [0.717, 1.165) is 10.6 Å². The number of hydrogen-bond acceptors (Lipinski definition) is 4. The van der Waals surface area contributed by atoms with Gasteiger partial charge >= 0.3 is 0 Å². The summed E-state index contributed by atoms with van der Waals surface area (Å²) < 4.78 is 13.4.